The summed E-state index contributed by atoms with van der Waals surface area (Å²) >= 11 is 12.1. The van der Waals surface area contributed by atoms with Crippen molar-refractivity contribution in [2.24, 2.45) is 0 Å². The first-order chi connectivity index (χ1) is 14.5. The van der Waals surface area contributed by atoms with Crippen molar-refractivity contribution < 1.29 is 9.59 Å². The first-order valence-electron chi connectivity index (χ1n) is 9.64. The van der Waals surface area contributed by atoms with Crippen molar-refractivity contribution in [1.29, 1.82) is 0 Å². The number of carbonyl (C=O) groups excluding carboxylic acids is 2. The maximum Gasteiger partial charge on any atom is 0.272 e. The largest absolute Gasteiger partial charge is 0.350 e. The number of rotatable bonds is 6. The number of nitrogens with zero attached hydrogens (tertiary/aromatic N) is 3. The van der Waals surface area contributed by atoms with Crippen LogP contribution in [0.15, 0.2) is 54.6 Å². The van der Waals surface area contributed by atoms with Gasteiger partial charge in [0.2, 0.25) is 0 Å². The Labute approximate surface area is 184 Å². The number of halogens is 2. The van der Waals surface area contributed by atoms with E-state index in [0.717, 1.165) is 11.1 Å². The van der Waals surface area contributed by atoms with Gasteiger partial charge >= 0.3 is 0 Å². The summed E-state index contributed by atoms with van der Waals surface area (Å²) in [7, 11) is 0. The van der Waals surface area contributed by atoms with Gasteiger partial charge in [0.1, 0.15) is 5.69 Å². The Kier molecular flexibility index (Phi) is 6.06. The maximum absolute atomic E-state index is 12.8. The second kappa shape index (κ2) is 8.90. The van der Waals surface area contributed by atoms with Crippen LogP contribution >= 0.6 is 23.2 Å². The molecule has 3 aromatic rings. The number of hydrogen-bond acceptors (Lipinski definition) is 3. The summed E-state index contributed by atoms with van der Waals surface area (Å²) in [4.78, 5) is 27.1. The van der Waals surface area contributed by atoms with Crippen LogP contribution in [-0.4, -0.2) is 39.6 Å². The molecule has 4 rings (SSSR count). The molecule has 8 heteroatoms. The lowest BCUT2D eigenvalue weighted by Gasteiger charge is -2.27. The second-order valence-corrected chi connectivity index (χ2v) is 7.94. The van der Waals surface area contributed by atoms with E-state index in [2.05, 4.69) is 10.4 Å². The quantitative estimate of drug-likeness (QED) is 0.630. The molecule has 1 aliphatic heterocycles. The van der Waals surface area contributed by atoms with Crippen LogP contribution in [0, 0.1) is 0 Å². The van der Waals surface area contributed by atoms with Gasteiger partial charge in [-0.1, -0.05) is 59.6 Å². The topological polar surface area (TPSA) is 67.2 Å². The zero-order valence-corrected chi connectivity index (χ0v) is 17.7. The van der Waals surface area contributed by atoms with Crippen LogP contribution in [-0.2, 0) is 19.5 Å². The van der Waals surface area contributed by atoms with E-state index in [-0.39, 0.29) is 17.5 Å². The minimum atomic E-state index is -0.315. The normalized spacial score (nSPS) is 13.3. The van der Waals surface area contributed by atoms with E-state index in [0.29, 0.717) is 48.3 Å². The van der Waals surface area contributed by atoms with E-state index in [4.69, 9.17) is 23.2 Å². The van der Waals surface area contributed by atoms with E-state index < -0.39 is 0 Å². The fourth-order valence-corrected chi connectivity index (χ4v) is 3.93. The Balaban J connectivity index is 1.38. The van der Waals surface area contributed by atoms with Crippen molar-refractivity contribution in [1.82, 2.24) is 20.0 Å². The first-order valence-corrected chi connectivity index (χ1v) is 10.4. The smallest absolute Gasteiger partial charge is 0.272 e. The van der Waals surface area contributed by atoms with Gasteiger partial charge in [0, 0.05) is 35.7 Å². The summed E-state index contributed by atoms with van der Waals surface area (Å²) in [6.45, 7) is 2.05. The van der Waals surface area contributed by atoms with Crippen LogP contribution in [0.25, 0.3) is 0 Å². The molecule has 0 saturated heterocycles. The van der Waals surface area contributed by atoms with Crippen molar-refractivity contribution in [2.45, 2.75) is 19.5 Å². The molecule has 0 spiro atoms. The van der Waals surface area contributed by atoms with Gasteiger partial charge in [-0.05, 0) is 29.7 Å². The van der Waals surface area contributed by atoms with Gasteiger partial charge in [-0.2, -0.15) is 5.10 Å². The summed E-state index contributed by atoms with van der Waals surface area (Å²) in [5, 5.41) is 8.28. The van der Waals surface area contributed by atoms with E-state index >= 15 is 0 Å². The number of hydrogen-bond donors (Lipinski definition) is 1. The standard InChI is InChI=1S/C22H20Cl2N4O2/c23-17-7-6-16(18(24)12-17)8-9-25-21(29)19-13-20-22(30)27(10-11-28(20)26-19)14-15-4-2-1-3-5-15/h1-7,12-13H,8-11,14H2,(H,25,29). The van der Waals surface area contributed by atoms with Gasteiger partial charge < -0.3 is 10.2 Å². The summed E-state index contributed by atoms with van der Waals surface area (Å²) < 4.78 is 1.61. The first kappa shape index (κ1) is 20.4. The number of nitrogens with one attached hydrogen (secondary N) is 1. The Morgan fingerprint density at radius 2 is 1.87 bits per heavy atom. The molecule has 2 aromatic carbocycles. The number of fused-ring (bicyclic) bond motifs is 1. The summed E-state index contributed by atoms with van der Waals surface area (Å²) in [6.07, 6.45) is 0.569. The van der Waals surface area contributed by atoms with Crippen LogP contribution in [0.2, 0.25) is 10.0 Å². The molecule has 1 aliphatic rings. The number of amides is 2. The highest BCUT2D eigenvalue weighted by atomic mass is 35.5. The molecule has 30 heavy (non-hydrogen) atoms. The fourth-order valence-electron chi connectivity index (χ4n) is 3.43. The average Bonchev–Trinajstić information content (AvgIpc) is 3.18. The number of aromatic nitrogens is 2. The molecule has 0 unspecified atom stereocenters. The van der Waals surface area contributed by atoms with Crippen molar-refractivity contribution >= 4 is 35.0 Å². The minimum Gasteiger partial charge on any atom is -0.350 e. The predicted octanol–water partition coefficient (Wildman–Crippen LogP) is 3.82. The molecular weight excluding hydrogens is 423 g/mol. The third-order valence-corrected chi connectivity index (χ3v) is 5.60. The van der Waals surface area contributed by atoms with Crippen LogP contribution in [0.3, 0.4) is 0 Å². The summed E-state index contributed by atoms with van der Waals surface area (Å²) in [6, 6.07) is 16.7. The highest BCUT2D eigenvalue weighted by Gasteiger charge is 2.27. The lowest BCUT2D eigenvalue weighted by atomic mass is 10.1. The van der Waals surface area contributed by atoms with Crippen LogP contribution in [0.5, 0.6) is 0 Å². The van der Waals surface area contributed by atoms with E-state index in [9.17, 15) is 9.59 Å². The monoisotopic (exact) mass is 442 g/mol. The molecule has 0 aliphatic carbocycles. The van der Waals surface area contributed by atoms with Crippen LogP contribution < -0.4 is 5.32 Å². The number of benzene rings is 2. The second-order valence-electron chi connectivity index (χ2n) is 7.09. The Hall–Kier alpha value is -2.83. The average molecular weight is 443 g/mol. The zero-order chi connectivity index (χ0) is 21.1. The molecule has 154 valence electrons. The molecule has 2 amide bonds. The van der Waals surface area contributed by atoms with E-state index in [1.54, 1.807) is 27.8 Å². The Morgan fingerprint density at radius 3 is 2.63 bits per heavy atom. The lowest BCUT2D eigenvalue weighted by Crippen LogP contribution is -2.39. The highest BCUT2D eigenvalue weighted by Crippen LogP contribution is 2.21. The van der Waals surface area contributed by atoms with Crippen LogP contribution in [0.4, 0.5) is 0 Å². The van der Waals surface area contributed by atoms with Gasteiger partial charge in [0.15, 0.2) is 5.69 Å². The van der Waals surface area contributed by atoms with Crippen molar-refractivity contribution in [3.63, 3.8) is 0 Å². The SMILES string of the molecule is O=C(NCCc1ccc(Cl)cc1Cl)c1cc2n(n1)CCN(Cc1ccccc1)C2=O. The summed E-state index contributed by atoms with van der Waals surface area (Å²) in [5.74, 6) is -0.436. The lowest BCUT2D eigenvalue weighted by molar-refractivity contribution is 0.0683. The Morgan fingerprint density at radius 1 is 1.07 bits per heavy atom. The van der Waals surface area contributed by atoms with E-state index in [1.807, 2.05) is 36.4 Å². The third kappa shape index (κ3) is 4.50. The van der Waals surface area contributed by atoms with Crippen molar-refractivity contribution in [3.8, 4) is 0 Å². The predicted molar refractivity (Wildman–Crippen MR) is 116 cm³/mol. The molecule has 0 saturated carbocycles. The summed E-state index contributed by atoms with van der Waals surface area (Å²) in [5.41, 5.74) is 2.64. The van der Waals surface area contributed by atoms with Gasteiger partial charge in [-0.15, -0.1) is 0 Å². The molecule has 0 atom stereocenters. The molecule has 2 heterocycles. The molecule has 6 nitrogen and oxygen atoms in total. The fraction of sp³-hybridized carbons (Fsp3) is 0.227. The number of carbonyl (C=O) groups is 2. The van der Waals surface area contributed by atoms with E-state index in [1.165, 1.54) is 0 Å². The van der Waals surface area contributed by atoms with Crippen molar-refractivity contribution in [2.75, 3.05) is 13.1 Å². The van der Waals surface area contributed by atoms with Gasteiger partial charge in [-0.25, -0.2) is 0 Å². The molecule has 0 radical (unpaired) electrons. The van der Waals surface area contributed by atoms with Gasteiger partial charge in [-0.3, -0.25) is 14.3 Å². The van der Waals surface area contributed by atoms with Crippen molar-refractivity contribution in [3.05, 3.63) is 87.2 Å². The zero-order valence-electron chi connectivity index (χ0n) is 16.1. The third-order valence-electron chi connectivity index (χ3n) is 5.01. The molecule has 0 bridgehead atoms. The highest BCUT2D eigenvalue weighted by molar-refractivity contribution is 6.35. The molecule has 1 aromatic heterocycles. The molecule has 1 N–H and O–H groups in total. The minimum absolute atomic E-state index is 0.121. The molecule has 0 fully saturated rings. The maximum atomic E-state index is 12.8. The van der Waals surface area contributed by atoms with Gasteiger partial charge in [0.05, 0.1) is 6.54 Å². The Bertz CT molecular complexity index is 1080. The van der Waals surface area contributed by atoms with Gasteiger partial charge in [0.25, 0.3) is 11.8 Å². The van der Waals surface area contributed by atoms with Crippen LogP contribution in [0.1, 0.15) is 32.1 Å². The molecular formula is C22H20Cl2N4O2.